The van der Waals surface area contributed by atoms with E-state index in [1.807, 2.05) is 24.4 Å². The molecule has 1 saturated heterocycles. The lowest BCUT2D eigenvalue weighted by Crippen LogP contribution is -2.38. The summed E-state index contributed by atoms with van der Waals surface area (Å²) < 4.78 is 16.9. The maximum atomic E-state index is 9.67. The zero-order chi connectivity index (χ0) is 20.9. The minimum atomic E-state index is 0.495. The number of ether oxygens (including phenoxy) is 3. The van der Waals surface area contributed by atoms with Crippen LogP contribution < -0.4 is 9.47 Å². The number of rotatable bonds is 6. The quantitative estimate of drug-likeness (QED) is 0.650. The smallest absolute Gasteiger partial charge is 0.163 e. The molecule has 0 N–H and O–H groups in total. The van der Waals surface area contributed by atoms with Crippen molar-refractivity contribution < 1.29 is 14.2 Å². The second kappa shape index (κ2) is 9.61. The summed E-state index contributed by atoms with van der Waals surface area (Å²) in [7, 11) is 1.64. The number of methoxy groups -OCH3 is 1. The molecule has 0 saturated carbocycles. The molecule has 1 aliphatic carbocycles. The van der Waals surface area contributed by atoms with E-state index in [1.165, 1.54) is 10.4 Å². The Morgan fingerprint density at radius 3 is 2.93 bits per heavy atom. The molecule has 0 amide bonds. The van der Waals surface area contributed by atoms with Crippen molar-refractivity contribution in [1.29, 1.82) is 5.26 Å². The van der Waals surface area contributed by atoms with Gasteiger partial charge in [0.25, 0.3) is 0 Å². The molecule has 1 unspecified atom stereocenters. The maximum Gasteiger partial charge on any atom is 0.163 e. The summed E-state index contributed by atoms with van der Waals surface area (Å²) in [5, 5.41) is 10.5. The third kappa shape index (κ3) is 4.67. The number of fused-ring (bicyclic) bond motifs is 1. The Morgan fingerprint density at radius 1 is 1.33 bits per heavy atom. The van der Waals surface area contributed by atoms with E-state index in [1.54, 1.807) is 18.4 Å². The standard InChI is InChI=1S/C23H27N3O3S/c1-16-3-5-18-19(13-24)23(30-22(18)11-16)25-14-17-4-6-20(27-2)21(12-17)29-15-26-7-9-28-10-8-26/h4,6,12,14,16H,3,5,7-11,15H2,1-2H3. The van der Waals surface area contributed by atoms with Crippen molar-refractivity contribution in [2.75, 3.05) is 40.1 Å². The van der Waals surface area contributed by atoms with Crippen LogP contribution in [0.4, 0.5) is 5.00 Å². The van der Waals surface area contributed by atoms with E-state index < -0.39 is 0 Å². The first-order chi connectivity index (χ1) is 14.7. The van der Waals surface area contributed by atoms with E-state index in [9.17, 15) is 5.26 Å². The zero-order valence-electron chi connectivity index (χ0n) is 17.5. The van der Waals surface area contributed by atoms with Crippen molar-refractivity contribution in [2.45, 2.75) is 26.2 Å². The normalized spacial score (nSPS) is 19.4. The number of nitriles is 1. The number of benzene rings is 1. The molecule has 1 atom stereocenters. The summed E-state index contributed by atoms with van der Waals surface area (Å²) in [6.07, 6.45) is 4.98. The molecule has 0 radical (unpaired) electrons. The largest absolute Gasteiger partial charge is 0.493 e. The number of nitrogens with zero attached hydrogens (tertiary/aromatic N) is 3. The van der Waals surface area contributed by atoms with Gasteiger partial charge in [-0.3, -0.25) is 4.90 Å². The van der Waals surface area contributed by atoms with Crippen LogP contribution in [0.25, 0.3) is 0 Å². The van der Waals surface area contributed by atoms with E-state index in [4.69, 9.17) is 14.2 Å². The van der Waals surface area contributed by atoms with E-state index in [2.05, 4.69) is 22.9 Å². The molecule has 2 aliphatic rings. The minimum absolute atomic E-state index is 0.495. The monoisotopic (exact) mass is 425 g/mol. The Hall–Kier alpha value is -2.40. The van der Waals surface area contributed by atoms with Crippen LogP contribution in [0.5, 0.6) is 11.5 Å². The van der Waals surface area contributed by atoms with E-state index in [-0.39, 0.29) is 0 Å². The van der Waals surface area contributed by atoms with Crippen LogP contribution in [-0.4, -0.2) is 51.3 Å². The molecule has 158 valence electrons. The summed E-state index contributed by atoms with van der Waals surface area (Å²) in [5.74, 6) is 2.05. The van der Waals surface area contributed by atoms with Gasteiger partial charge < -0.3 is 14.2 Å². The molecule has 2 heterocycles. The third-order valence-corrected chi connectivity index (χ3v) is 6.79. The predicted molar refractivity (Wildman–Crippen MR) is 118 cm³/mol. The highest BCUT2D eigenvalue weighted by Gasteiger charge is 2.23. The lowest BCUT2D eigenvalue weighted by molar-refractivity contribution is 0.00354. The van der Waals surface area contributed by atoms with Gasteiger partial charge in [0.05, 0.1) is 25.9 Å². The summed E-state index contributed by atoms with van der Waals surface area (Å²) >= 11 is 1.66. The Bertz CT molecular complexity index is 957. The summed E-state index contributed by atoms with van der Waals surface area (Å²) in [4.78, 5) is 8.20. The molecule has 7 heteroatoms. The summed E-state index contributed by atoms with van der Waals surface area (Å²) in [6.45, 7) is 5.96. The Balaban J connectivity index is 1.52. The van der Waals surface area contributed by atoms with E-state index in [0.717, 1.165) is 61.7 Å². The van der Waals surface area contributed by atoms with Crippen molar-refractivity contribution in [1.82, 2.24) is 4.90 Å². The van der Waals surface area contributed by atoms with Crippen LogP contribution in [0.1, 0.15) is 34.9 Å². The molecule has 2 aromatic rings. The van der Waals surface area contributed by atoms with Crippen molar-refractivity contribution in [3.05, 3.63) is 39.8 Å². The predicted octanol–water partition coefficient (Wildman–Crippen LogP) is 4.17. The molecule has 0 spiro atoms. The molecular weight excluding hydrogens is 398 g/mol. The highest BCUT2D eigenvalue weighted by Crippen LogP contribution is 2.40. The molecule has 0 bridgehead atoms. The SMILES string of the molecule is COc1ccc(C=Nc2sc3c(c2C#N)CCC(C)C3)cc1OCN1CCOCC1. The minimum Gasteiger partial charge on any atom is -0.493 e. The average Bonchev–Trinajstić information content (AvgIpc) is 3.13. The van der Waals surface area contributed by atoms with Gasteiger partial charge in [-0.15, -0.1) is 11.3 Å². The number of aliphatic imine (C=N–C) groups is 1. The highest BCUT2D eigenvalue weighted by atomic mass is 32.1. The molecule has 30 heavy (non-hydrogen) atoms. The average molecular weight is 426 g/mol. The lowest BCUT2D eigenvalue weighted by atomic mass is 9.89. The Kier molecular flexibility index (Phi) is 6.68. The van der Waals surface area contributed by atoms with Gasteiger partial charge in [0, 0.05) is 24.2 Å². The Morgan fingerprint density at radius 2 is 2.17 bits per heavy atom. The van der Waals surface area contributed by atoms with Gasteiger partial charge in [-0.2, -0.15) is 5.26 Å². The first-order valence-electron chi connectivity index (χ1n) is 10.4. The first kappa shape index (κ1) is 20.9. The molecular formula is C23H27N3O3S. The van der Waals surface area contributed by atoms with Crippen LogP contribution in [0.3, 0.4) is 0 Å². The topological polar surface area (TPSA) is 67.1 Å². The van der Waals surface area contributed by atoms with Gasteiger partial charge in [-0.25, -0.2) is 4.99 Å². The molecule has 1 fully saturated rings. The molecule has 6 nitrogen and oxygen atoms in total. The van der Waals surface area contributed by atoms with Gasteiger partial charge >= 0.3 is 0 Å². The number of morpholine rings is 1. The molecule has 1 aromatic carbocycles. The van der Waals surface area contributed by atoms with Gasteiger partial charge in [-0.1, -0.05) is 6.92 Å². The number of hydrogen-bond donors (Lipinski definition) is 0. The van der Waals surface area contributed by atoms with Gasteiger partial charge in [0.1, 0.15) is 17.8 Å². The third-order valence-electron chi connectivity index (χ3n) is 5.63. The fourth-order valence-electron chi connectivity index (χ4n) is 3.85. The number of thiophene rings is 1. The second-order valence-electron chi connectivity index (χ2n) is 7.82. The maximum absolute atomic E-state index is 9.67. The molecule has 1 aromatic heterocycles. The number of hydrogen-bond acceptors (Lipinski definition) is 7. The fourth-order valence-corrected chi connectivity index (χ4v) is 5.16. The van der Waals surface area contributed by atoms with E-state index in [0.29, 0.717) is 24.1 Å². The molecule has 4 rings (SSSR count). The van der Waals surface area contributed by atoms with Crippen LogP contribution in [0.2, 0.25) is 0 Å². The van der Waals surface area contributed by atoms with Gasteiger partial charge in [-0.05, 0) is 54.5 Å². The molecule has 1 aliphatic heterocycles. The van der Waals surface area contributed by atoms with Crippen molar-refractivity contribution >= 4 is 22.6 Å². The zero-order valence-corrected chi connectivity index (χ0v) is 18.3. The Labute approximate surface area is 181 Å². The fraction of sp³-hybridized carbons (Fsp3) is 0.478. The summed E-state index contributed by atoms with van der Waals surface area (Å²) in [5.41, 5.74) is 2.86. The van der Waals surface area contributed by atoms with Crippen LogP contribution in [-0.2, 0) is 17.6 Å². The van der Waals surface area contributed by atoms with Crippen molar-refractivity contribution in [3.63, 3.8) is 0 Å². The van der Waals surface area contributed by atoms with Crippen molar-refractivity contribution in [3.8, 4) is 17.6 Å². The lowest BCUT2D eigenvalue weighted by Gasteiger charge is -2.26. The van der Waals surface area contributed by atoms with Crippen LogP contribution in [0, 0.1) is 17.2 Å². The van der Waals surface area contributed by atoms with Gasteiger partial charge in [0.2, 0.25) is 0 Å². The van der Waals surface area contributed by atoms with Crippen LogP contribution in [0.15, 0.2) is 23.2 Å². The van der Waals surface area contributed by atoms with Crippen molar-refractivity contribution in [2.24, 2.45) is 10.9 Å². The van der Waals surface area contributed by atoms with Crippen LogP contribution >= 0.6 is 11.3 Å². The second-order valence-corrected chi connectivity index (χ2v) is 8.90. The summed E-state index contributed by atoms with van der Waals surface area (Å²) in [6, 6.07) is 8.15. The first-order valence-corrected chi connectivity index (χ1v) is 11.2. The van der Waals surface area contributed by atoms with Gasteiger partial charge in [0.15, 0.2) is 11.5 Å². The van der Waals surface area contributed by atoms with E-state index >= 15 is 0 Å². The highest BCUT2D eigenvalue weighted by molar-refractivity contribution is 7.16.